The van der Waals surface area contributed by atoms with E-state index in [9.17, 15) is 0 Å². The van der Waals surface area contributed by atoms with E-state index in [0.717, 1.165) is 6.42 Å². The molecule has 0 atom stereocenters. The summed E-state index contributed by atoms with van der Waals surface area (Å²) in [6, 6.07) is 0. The van der Waals surface area contributed by atoms with Gasteiger partial charge in [0.15, 0.2) is 0 Å². The van der Waals surface area contributed by atoms with Gasteiger partial charge in [-0.1, -0.05) is 19.1 Å². The predicted molar refractivity (Wildman–Crippen MR) is 56.2 cm³/mol. The van der Waals surface area contributed by atoms with Gasteiger partial charge in [0.05, 0.1) is 6.33 Å². The van der Waals surface area contributed by atoms with Gasteiger partial charge < -0.3 is 4.57 Å². The first kappa shape index (κ1) is 9.78. The molecule has 0 saturated carbocycles. The molecule has 0 bridgehead atoms. The van der Waals surface area contributed by atoms with Crippen molar-refractivity contribution in [2.75, 3.05) is 0 Å². The Morgan fingerprint density at radius 1 is 1.38 bits per heavy atom. The van der Waals surface area contributed by atoms with Crippen LogP contribution in [0.2, 0.25) is 0 Å². The lowest BCUT2D eigenvalue weighted by molar-refractivity contribution is 1.03. The molecule has 0 radical (unpaired) electrons. The first-order valence-electron chi connectivity index (χ1n) is 4.63. The minimum atomic E-state index is 1.05. The van der Waals surface area contributed by atoms with Crippen LogP contribution in [0.5, 0.6) is 0 Å². The zero-order valence-corrected chi connectivity index (χ0v) is 8.49. The van der Waals surface area contributed by atoms with E-state index in [4.69, 9.17) is 0 Å². The van der Waals surface area contributed by atoms with Crippen LogP contribution in [0.3, 0.4) is 0 Å². The summed E-state index contributed by atoms with van der Waals surface area (Å²) < 4.78 is 2.04. The van der Waals surface area contributed by atoms with Crippen LogP contribution in [0.25, 0.3) is 5.70 Å². The quantitative estimate of drug-likeness (QED) is 0.647. The molecule has 2 nitrogen and oxygen atoms in total. The van der Waals surface area contributed by atoms with Gasteiger partial charge >= 0.3 is 0 Å². The van der Waals surface area contributed by atoms with E-state index in [2.05, 4.69) is 37.9 Å². The van der Waals surface area contributed by atoms with E-state index in [-0.39, 0.29) is 0 Å². The van der Waals surface area contributed by atoms with Crippen LogP contribution >= 0.6 is 0 Å². The number of nitrogens with zero attached hydrogens (tertiary/aromatic N) is 2. The van der Waals surface area contributed by atoms with Gasteiger partial charge in [0.1, 0.15) is 0 Å². The minimum Gasteiger partial charge on any atom is -0.306 e. The summed E-state index contributed by atoms with van der Waals surface area (Å²) in [4.78, 5) is 4.04. The summed E-state index contributed by atoms with van der Waals surface area (Å²) in [6.07, 6.45) is 10.9. The van der Waals surface area contributed by atoms with E-state index in [0.29, 0.717) is 0 Å². The Morgan fingerprint density at radius 2 is 2.15 bits per heavy atom. The topological polar surface area (TPSA) is 17.8 Å². The van der Waals surface area contributed by atoms with Crippen molar-refractivity contribution in [1.82, 2.24) is 9.55 Å². The Morgan fingerprint density at radius 3 is 2.54 bits per heavy atom. The zero-order valence-electron chi connectivity index (χ0n) is 8.49. The molecule has 1 rings (SSSR count). The molecule has 70 valence electrons. The number of imidazole rings is 1. The van der Waals surface area contributed by atoms with Crippen LogP contribution in [-0.2, 0) is 0 Å². The highest BCUT2D eigenvalue weighted by Gasteiger charge is 2.02. The molecule has 0 fully saturated rings. The molecule has 13 heavy (non-hydrogen) atoms. The Balaban J connectivity index is 3.00. The molecule has 0 aromatic carbocycles. The van der Waals surface area contributed by atoms with Gasteiger partial charge in [-0.05, 0) is 25.8 Å². The molecule has 1 heterocycles. The molecular weight excluding hydrogens is 160 g/mol. The predicted octanol–water partition coefficient (Wildman–Crippen LogP) is 3.10. The molecular formula is C11H16N2. The molecule has 1 aromatic rings. The van der Waals surface area contributed by atoms with Crippen LogP contribution in [0.15, 0.2) is 36.4 Å². The van der Waals surface area contributed by atoms with Crippen molar-refractivity contribution in [3.63, 3.8) is 0 Å². The standard InChI is InChI=1S/C11H16N2/c1-4-10(5-2)11(6-3)13-8-7-12-9-13/h4,6-9H,5H2,1-3H3. The van der Waals surface area contributed by atoms with Gasteiger partial charge in [-0.25, -0.2) is 4.98 Å². The molecule has 0 spiro atoms. The van der Waals surface area contributed by atoms with Gasteiger partial charge in [-0.3, -0.25) is 0 Å². The lowest BCUT2D eigenvalue weighted by Crippen LogP contribution is -1.96. The van der Waals surface area contributed by atoms with Crippen LogP contribution in [-0.4, -0.2) is 9.55 Å². The van der Waals surface area contributed by atoms with E-state index < -0.39 is 0 Å². The van der Waals surface area contributed by atoms with E-state index in [1.807, 2.05) is 17.1 Å². The van der Waals surface area contributed by atoms with Crippen molar-refractivity contribution in [3.8, 4) is 0 Å². The molecule has 2 heteroatoms. The fraction of sp³-hybridized carbons (Fsp3) is 0.364. The zero-order chi connectivity index (χ0) is 9.68. The lowest BCUT2D eigenvalue weighted by atomic mass is 10.1. The molecule has 1 aromatic heterocycles. The minimum absolute atomic E-state index is 1.05. The Labute approximate surface area is 79.6 Å². The fourth-order valence-corrected chi connectivity index (χ4v) is 1.44. The Bertz CT molecular complexity index is 305. The number of aromatic nitrogens is 2. The van der Waals surface area contributed by atoms with Crippen LogP contribution in [0.4, 0.5) is 0 Å². The van der Waals surface area contributed by atoms with Crippen LogP contribution in [0.1, 0.15) is 27.2 Å². The summed E-state index contributed by atoms with van der Waals surface area (Å²) in [5.41, 5.74) is 2.57. The number of hydrogen-bond donors (Lipinski definition) is 0. The van der Waals surface area contributed by atoms with Crippen LogP contribution in [0, 0.1) is 0 Å². The van der Waals surface area contributed by atoms with E-state index >= 15 is 0 Å². The van der Waals surface area contributed by atoms with Gasteiger partial charge in [-0.2, -0.15) is 0 Å². The van der Waals surface area contributed by atoms with Crippen molar-refractivity contribution in [1.29, 1.82) is 0 Å². The van der Waals surface area contributed by atoms with Gasteiger partial charge in [-0.15, -0.1) is 0 Å². The highest BCUT2D eigenvalue weighted by molar-refractivity contribution is 5.63. The van der Waals surface area contributed by atoms with Gasteiger partial charge in [0.2, 0.25) is 0 Å². The maximum Gasteiger partial charge on any atom is 0.0991 e. The molecule has 0 N–H and O–H groups in total. The van der Waals surface area contributed by atoms with Gasteiger partial charge in [0, 0.05) is 18.1 Å². The number of hydrogen-bond acceptors (Lipinski definition) is 1. The molecule has 0 aliphatic heterocycles. The van der Waals surface area contributed by atoms with E-state index in [1.54, 1.807) is 6.20 Å². The summed E-state index contributed by atoms with van der Waals surface area (Å²) in [7, 11) is 0. The Kier molecular flexibility index (Phi) is 3.50. The third-order valence-electron chi connectivity index (χ3n) is 2.11. The molecule has 0 unspecified atom stereocenters. The maximum absolute atomic E-state index is 4.04. The van der Waals surface area contributed by atoms with Crippen molar-refractivity contribution in [2.45, 2.75) is 27.2 Å². The molecule has 0 amide bonds. The lowest BCUT2D eigenvalue weighted by Gasteiger charge is -2.09. The number of rotatable bonds is 3. The summed E-state index contributed by atoms with van der Waals surface area (Å²) in [6.45, 7) is 6.28. The summed E-state index contributed by atoms with van der Waals surface area (Å²) >= 11 is 0. The smallest absolute Gasteiger partial charge is 0.0991 e. The second kappa shape index (κ2) is 4.65. The monoisotopic (exact) mass is 176 g/mol. The van der Waals surface area contributed by atoms with E-state index in [1.165, 1.54) is 11.3 Å². The van der Waals surface area contributed by atoms with Crippen LogP contribution < -0.4 is 0 Å². The normalized spacial score (nSPS) is 13.5. The second-order valence-corrected chi connectivity index (χ2v) is 2.81. The highest BCUT2D eigenvalue weighted by atomic mass is 15.0. The van der Waals surface area contributed by atoms with Gasteiger partial charge in [0.25, 0.3) is 0 Å². The third-order valence-corrected chi connectivity index (χ3v) is 2.11. The number of allylic oxidation sites excluding steroid dienone is 4. The third kappa shape index (κ3) is 2.08. The first-order valence-corrected chi connectivity index (χ1v) is 4.63. The average Bonchev–Trinajstić information content (AvgIpc) is 2.66. The SMILES string of the molecule is CC=C(CC)C(=CC)n1ccnc1. The molecule has 0 aliphatic carbocycles. The Hall–Kier alpha value is -1.31. The second-order valence-electron chi connectivity index (χ2n) is 2.81. The summed E-state index contributed by atoms with van der Waals surface area (Å²) in [5, 5.41) is 0. The summed E-state index contributed by atoms with van der Waals surface area (Å²) in [5.74, 6) is 0. The van der Waals surface area contributed by atoms with Crippen molar-refractivity contribution in [2.24, 2.45) is 0 Å². The molecule has 0 aliphatic rings. The van der Waals surface area contributed by atoms with Crippen molar-refractivity contribution < 1.29 is 0 Å². The highest BCUT2D eigenvalue weighted by Crippen LogP contribution is 2.18. The average molecular weight is 176 g/mol. The molecule has 0 saturated heterocycles. The fourth-order valence-electron chi connectivity index (χ4n) is 1.44. The maximum atomic E-state index is 4.04. The largest absolute Gasteiger partial charge is 0.306 e. The first-order chi connectivity index (χ1) is 6.33. The van der Waals surface area contributed by atoms with Crippen molar-refractivity contribution >= 4 is 5.70 Å². The van der Waals surface area contributed by atoms with Crippen molar-refractivity contribution in [3.05, 3.63) is 36.4 Å².